The van der Waals surface area contributed by atoms with E-state index < -0.39 is 0 Å². The average Bonchev–Trinajstić information content (AvgIpc) is 3.32. The van der Waals surface area contributed by atoms with Gasteiger partial charge in [-0.25, -0.2) is 9.97 Å². The van der Waals surface area contributed by atoms with Gasteiger partial charge in [-0.3, -0.25) is 5.10 Å². The molecule has 0 aliphatic rings. The first kappa shape index (κ1) is 20.7. The molecule has 166 valence electrons. The Morgan fingerprint density at radius 1 is 0.909 bits per heavy atom. The summed E-state index contributed by atoms with van der Waals surface area (Å²) in [6.07, 6.45) is 1.79. The molecule has 0 bridgehead atoms. The first-order valence-electron chi connectivity index (χ1n) is 10.5. The topological polar surface area (TPSA) is 94.2 Å². The molecule has 5 rings (SSSR count). The van der Waals surface area contributed by atoms with Crippen LogP contribution in [0.25, 0.3) is 33.2 Å². The van der Waals surface area contributed by atoms with Crippen LogP contribution >= 0.6 is 0 Å². The molecule has 0 aliphatic heterocycles. The van der Waals surface area contributed by atoms with Crippen molar-refractivity contribution in [2.24, 2.45) is 0 Å². The summed E-state index contributed by atoms with van der Waals surface area (Å²) >= 11 is 0. The van der Waals surface area contributed by atoms with Crippen LogP contribution in [0.2, 0.25) is 0 Å². The van der Waals surface area contributed by atoms with Gasteiger partial charge in [-0.1, -0.05) is 30.3 Å². The van der Waals surface area contributed by atoms with Gasteiger partial charge in [-0.2, -0.15) is 5.10 Å². The van der Waals surface area contributed by atoms with Crippen molar-refractivity contribution in [2.45, 2.75) is 0 Å². The molecule has 0 radical (unpaired) electrons. The predicted molar refractivity (Wildman–Crippen MR) is 128 cm³/mol. The number of fused-ring (bicyclic) bond motifs is 2. The Bertz CT molecular complexity index is 1400. The molecular formula is C25H23N5O3. The van der Waals surface area contributed by atoms with Gasteiger partial charge in [0.2, 0.25) is 0 Å². The molecule has 0 aliphatic carbocycles. The third-order valence-electron chi connectivity index (χ3n) is 5.26. The van der Waals surface area contributed by atoms with Crippen molar-refractivity contribution in [3.05, 3.63) is 66.9 Å². The molecule has 0 spiro atoms. The van der Waals surface area contributed by atoms with Crippen LogP contribution in [0.1, 0.15) is 0 Å². The zero-order chi connectivity index (χ0) is 22.6. The molecule has 2 N–H and O–H groups in total. The van der Waals surface area contributed by atoms with Gasteiger partial charge in [0.15, 0.2) is 17.3 Å². The Balaban J connectivity index is 1.64. The van der Waals surface area contributed by atoms with Gasteiger partial charge >= 0.3 is 0 Å². The second-order valence-electron chi connectivity index (χ2n) is 7.42. The maximum absolute atomic E-state index is 5.90. The maximum Gasteiger partial charge on any atom is 0.162 e. The van der Waals surface area contributed by atoms with E-state index in [1.807, 2.05) is 60.7 Å². The molecule has 33 heavy (non-hydrogen) atoms. The molecule has 5 aromatic rings. The summed E-state index contributed by atoms with van der Waals surface area (Å²) in [6.45, 7) is 0.877. The Hall–Kier alpha value is -4.17. The number of rotatable bonds is 8. The highest BCUT2D eigenvalue weighted by Gasteiger charge is 2.15. The van der Waals surface area contributed by atoms with Crippen LogP contribution in [0.5, 0.6) is 11.5 Å². The smallest absolute Gasteiger partial charge is 0.162 e. The number of ether oxygens (including phenoxy) is 3. The second kappa shape index (κ2) is 9.13. The fourth-order valence-corrected chi connectivity index (χ4v) is 3.61. The maximum atomic E-state index is 5.90. The van der Waals surface area contributed by atoms with Crippen molar-refractivity contribution in [1.82, 2.24) is 20.2 Å². The molecule has 0 saturated heterocycles. The van der Waals surface area contributed by atoms with E-state index in [4.69, 9.17) is 24.2 Å². The van der Waals surface area contributed by atoms with E-state index in [0.717, 1.165) is 33.1 Å². The molecule has 0 fully saturated rings. The summed E-state index contributed by atoms with van der Waals surface area (Å²) in [6, 6.07) is 19.6. The van der Waals surface area contributed by atoms with Crippen LogP contribution in [0, 0.1) is 0 Å². The van der Waals surface area contributed by atoms with Gasteiger partial charge in [-0.05, 0) is 24.3 Å². The second-order valence-corrected chi connectivity index (χ2v) is 7.42. The lowest BCUT2D eigenvalue weighted by Gasteiger charge is -2.15. The average molecular weight is 441 g/mol. The fourth-order valence-electron chi connectivity index (χ4n) is 3.61. The van der Waals surface area contributed by atoms with Gasteiger partial charge in [0, 0.05) is 35.2 Å². The van der Waals surface area contributed by atoms with Gasteiger partial charge in [0.1, 0.15) is 12.4 Å². The predicted octanol–water partition coefficient (Wildman–Crippen LogP) is 4.95. The number of H-pyrrole nitrogens is 1. The first-order valence-corrected chi connectivity index (χ1v) is 10.5. The number of aromatic amines is 1. The van der Waals surface area contributed by atoms with Crippen LogP contribution in [0.3, 0.4) is 0 Å². The highest BCUT2D eigenvalue weighted by atomic mass is 16.5. The minimum Gasteiger partial charge on any atom is -0.493 e. The number of hydrogen-bond acceptors (Lipinski definition) is 7. The van der Waals surface area contributed by atoms with E-state index in [2.05, 4.69) is 15.5 Å². The summed E-state index contributed by atoms with van der Waals surface area (Å²) in [5.41, 5.74) is 3.52. The molecular weight excluding hydrogens is 418 g/mol. The van der Waals surface area contributed by atoms with Crippen molar-refractivity contribution >= 4 is 33.3 Å². The minimum atomic E-state index is 0.404. The third kappa shape index (κ3) is 4.28. The Kier molecular flexibility index (Phi) is 5.73. The van der Waals surface area contributed by atoms with Crippen molar-refractivity contribution in [3.8, 4) is 22.9 Å². The highest BCUT2D eigenvalue weighted by Crippen LogP contribution is 2.36. The van der Waals surface area contributed by atoms with Crippen LogP contribution in [-0.4, -0.2) is 47.6 Å². The number of nitrogens with one attached hydrogen (secondary N) is 2. The van der Waals surface area contributed by atoms with Crippen molar-refractivity contribution in [3.63, 3.8) is 0 Å². The summed E-state index contributed by atoms with van der Waals surface area (Å²) in [5.74, 6) is 2.49. The van der Waals surface area contributed by atoms with E-state index in [1.165, 1.54) is 0 Å². The SMILES string of the molecule is COCCOc1cc2c(Nc3ccc4[nH]ncc4c3)nc(-c3ccccc3)nc2cc1OC. The lowest BCUT2D eigenvalue weighted by atomic mass is 10.1. The Morgan fingerprint density at radius 3 is 2.61 bits per heavy atom. The van der Waals surface area contributed by atoms with Gasteiger partial charge in [0.25, 0.3) is 0 Å². The highest BCUT2D eigenvalue weighted by molar-refractivity contribution is 5.95. The Morgan fingerprint density at radius 2 is 1.79 bits per heavy atom. The monoisotopic (exact) mass is 441 g/mol. The summed E-state index contributed by atoms with van der Waals surface area (Å²) in [5, 5.41) is 12.4. The number of hydrogen-bond donors (Lipinski definition) is 2. The van der Waals surface area contributed by atoms with E-state index in [0.29, 0.717) is 36.4 Å². The summed E-state index contributed by atoms with van der Waals surface area (Å²) in [7, 11) is 3.25. The van der Waals surface area contributed by atoms with Gasteiger partial charge in [-0.15, -0.1) is 0 Å². The van der Waals surface area contributed by atoms with Crippen molar-refractivity contribution in [1.29, 1.82) is 0 Å². The lowest BCUT2D eigenvalue weighted by Crippen LogP contribution is -2.06. The summed E-state index contributed by atoms with van der Waals surface area (Å²) < 4.78 is 16.6. The Labute approximate surface area is 190 Å². The van der Waals surface area contributed by atoms with Crippen molar-refractivity contribution in [2.75, 3.05) is 32.8 Å². The van der Waals surface area contributed by atoms with Gasteiger partial charge < -0.3 is 19.5 Å². The lowest BCUT2D eigenvalue weighted by molar-refractivity contribution is 0.144. The molecule has 8 heteroatoms. The third-order valence-corrected chi connectivity index (χ3v) is 5.26. The fraction of sp³-hybridized carbons (Fsp3) is 0.160. The van der Waals surface area contributed by atoms with Crippen LogP contribution in [-0.2, 0) is 4.74 Å². The zero-order valence-electron chi connectivity index (χ0n) is 18.3. The number of anilines is 2. The van der Waals surface area contributed by atoms with E-state index >= 15 is 0 Å². The number of benzene rings is 3. The largest absolute Gasteiger partial charge is 0.493 e. The van der Waals surface area contributed by atoms with Crippen LogP contribution in [0.4, 0.5) is 11.5 Å². The molecule has 3 aromatic carbocycles. The number of methoxy groups -OCH3 is 2. The van der Waals surface area contributed by atoms with E-state index in [1.54, 1.807) is 20.4 Å². The van der Waals surface area contributed by atoms with Crippen LogP contribution < -0.4 is 14.8 Å². The molecule has 2 aromatic heterocycles. The zero-order valence-corrected chi connectivity index (χ0v) is 18.3. The van der Waals surface area contributed by atoms with Crippen molar-refractivity contribution < 1.29 is 14.2 Å². The van der Waals surface area contributed by atoms with Crippen LogP contribution in [0.15, 0.2) is 66.9 Å². The first-order chi connectivity index (χ1) is 16.2. The molecule has 0 unspecified atom stereocenters. The molecule has 0 atom stereocenters. The van der Waals surface area contributed by atoms with E-state index in [-0.39, 0.29) is 0 Å². The van der Waals surface area contributed by atoms with Gasteiger partial charge in [0.05, 0.1) is 30.9 Å². The normalized spacial score (nSPS) is 11.1. The molecule has 0 saturated carbocycles. The standard InChI is InChI=1S/C25H23N5O3/c1-31-10-11-33-23-13-19-21(14-22(23)32-2)28-24(16-6-4-3-5-7-16)29-25(19)27-18-8-9-20-17(12-18)15-26-30-20/h3-9,12-15H,10-11H2,1-2H3,(H,26,30)(H,27,28,29). The quantitative estimate of drug-likeness (QED) is 0.329. The number of nitrogens with zero attached hydrogens (tertiary/aromatic N) is 3. The minimum absolute atomic E-state index is 0.404. The summed E-state index contributed by atoms with van der Waals surface area (Å²) in [4.78, 5) is 9.67. The molecule has 8 nitrogen and oxygen atoms in total. The van der Waals surface area contributed by atoms with E-state index in [9.17, 15) is 0 Å². The molecule has 2 heterocycles. The number of aromatic nitrogens is 4. The molecule has 0 amide bonds.